The molecule has 1 fully saturated rings. The van der Waals surface area contributed by atoms with E-state index in [1.807, 2.05) is 45.0 Å². The van der Waals surface area contributed by atoms with Crippen molar-refractivity contribution in [3.05, 3.63) is 63.2 Å². The molecule has 1 saturated carbocycles. The molecule has 0 saturated heterocycles. The van der Waals surface area contributed by atoms with Crippen LogP contribution >= 0.6 is 0 Å². The molecular weight excluding hydrogens is 382 g/mol. The van der Waals surface area contributed by atoms with Crippen molar-refractivity contribution in [2.24, 2.45) is 5.92 Å². The number of nitrogens with one attached hydrogen (secondary N) is 3. The van der Waals surface area contributed by atoms with Crippen molar-refractivity contribution in [2.45, 2.75) is 46.1 Å². The zero-order valence-electron chi connectivity index (χ0n) is 17.3. The van der Waals surface area contributed by atoms with Crippen LogP contribution in [0.5, 0.6) is 0 Å². The molecule has 0 spiro atoms. The standard InChI is InChI=1S/C22H25N5O3/c1-12(15-6-8-17(9-7-15)25-22(30)16-4-5-16)24-20(28)10-18-13(2)23-19-11-21(29)26-27(19)14(18)3/h6-9,11-12,16H,4-5,10H2,1-3H3,(H,24,28)(H,25,30)(H,26,29). The van der Waals surface area contributed by atoms with Gasteiger partial charge in [0.1, 0.15) is 0 Å². The summed E-state index contributed by atoms with van der Waals surface area (Å²) in [6.45, 7) is 5.61. The Bertz CT molecular complexity index is 1170. The largest absolute Gasteiger partial charge is 0.349 e. The van der Waals surface area contributed by atoms with E-state index in [4.69, 9.17) is 0 Å². The third kappa shape index (κ3) is 4.12. The number of anilines is 1. The summed E-state index contributed by atoms with van der Waals surface area (Å²) in [7, 11) is 0. The number of aryl methyl sites for hydroxylation is 2. The molecule has 1 aromatic carbocycles. The zero-order valence-corrected chi connectivity index (χ0v) is 17.3. The van der Waals surface area contributed by atoms with Crippen LogP contribution in [0, 0.1) is 19.8 Å². The summed E-state index contributed by atoms with van der Waals surface area (Å²) in [5.41, 5.74) is 4.34. The predicted molar refractivity (Wildman–Crippen MR) is 113 cm³/mol. The third-order valence-electron chi connectivity index (χ3n) is 5.54. The second kappa shape index (κ2) is 7.78. The summed E-state index contributed by atoms with van der Waals surface area (Å²) in [5.74, 6) is 0.104. The van der Waals surface area contributed by atoms with E-state index >= 15 is 0 Å². The lowest BCUT2D eigenvalue weighted by molar-refractivity contribution is -0.121. The summed E-state index contributed by atoms with van der Waals surface area (Å²) in [5, 5.41) is 8.62. The SMILES string of the molecule is Cc1nc2cc(=O)[nH]n2c(C)c1CC(=O)NC(C)c1ccc(NC(=O)C2CC2)cc1. The molecular formula is C22H25N5O3. The van der Waals surface area contributed by atoms with Crippen molar-refractivity contribution in [3.8, 4) is 0 Å². The maximum absolute atomic E-state index is 12.7. The van der Waals surface area contributed by atoms with Crippen molar-refractivity contribution in [1.29, 1.82) is 0 Å². The number of fused-ring (bicyclic) bond motifs is 1. The van der Waals surface area contributed by atoms with Crippen LogP contribution in [-0.2, 0) is 16.0 Å². The molecule has 3 N–H and O–H groups in total. The van der Waals surface area contributed by atoms with Crippen LogP contribution in [0.4, 0.5) is 5.69 Å². The Kier molecular flexibility index (Phi) is 5.15. The molecule has 1 aliphatic carbocycles. The van der Waals surface area contributed by atoms with Crippen molar-refractivity contribution in [1.82, 2.24) is 19.9 Å². The summed E-state index contributed by atoms with van der Waals surface area (Å²) < 4.78 is 1.61. The molecule has 1 atom stereocenters. The van der Waals surface area contributed by atoms with E-state index in [1.54, 1.807) is 4.52 Å². The van der Waals surface area contributed by atoms with Gasteiger partial charge in [-0.3, -0.25) is 19.5 Å². The molecule has 0 bridgehead atoms. The molecule has 1 unspecified atom stereocenters. The molecule has 0 aliphatic heterocycles. The minimum atomic E-state index is -0.225. The van der Waals surface area contributed by atoms with Crippen LogP contribution in [0.1, 0.15) is 48.3 Å². The van der Waals surface area contributed by atoms with Gasteiger partial charge in [-0.05, 0) is 51.3 Å². The molecule has 3 aromatic rings. The van der Waals surface area contributed by atoms with Crippen molar-refractivity contribution in [3.63, 3.8) is 0 Å². The highest BCUT2D eigenvalue weighted by Gasteiger charge is 2.29. The maximum Gasteiger partial charge on any atom is 0.266 e. The number of rotatable bonds is 6. The lowest BCUT2D eigenvalue weighted by atomic mass is 10.1. The van der Waals surface area contributed by atoms with E-state index in [-0.39, 0.29) is 35.8 Å². The highest BCUT2D eigenvalue weighted by molar-refractivity contribution is 5.94. The van der Waals surface area contributed by atoms with Gasteiger partial charge in [0.15, 0.2) is 5.65 Å². The molecule has 156 valence electrons. The van der Waals surface area contributed by atoms with E-state index in [0.29, 0.717) is 5.65 Å². The quantitative estimate of drug-likeness (QED) is 0.583. The molecule has 2 amide bonds. The first-order valence-electron chi connectivity index (χ1n) is 10.1. The minimum Gasteiger partial charge on any atom is -0.349 e. The van der Waals surface area contributed by atoms with Gasteiger partial charge in [-0.1, -0.05) is 12.1 Å². The minimum absolute atomic E-state index is 0.0736. The van der Waals surface area contributed by atoms with Crippen molar-refractivity contribution < 1.29 is 9.59 Å². The highest BCUT2D eigenvalue weighted by atomic mass is 16.2. The van der Waals surface area contributed by atoms with Crippen molar-refractivity contribution >= 4 is 23.1 Å². The molecule has 1 aliphatic rings. The van der Waals surface area contributed by atoms with E-state index in [1.165, 1.54) is 6.07 Å². The van der Waals surface area contributed by atoms with Crippen LogP contribution < -0.4 is 16.2 Å². The van der Waals surface area contributed by atoms with E-state index < -0.39 is 0 Å². The number of carbonyl (C=O) groups is 2. The first kappa shape index (κ1) is 19.9. The van der Waals surface area contributed by atoms with E-state index in [9.17, 15) is 14.4 Å². The number of carbonyl (C=O) groups excluding carboxylic acids is 2. The molecule has 2 aromatic heterocycles. The number of amides is 2. The lowest BCUT2D eigenvalue weighted by Crippen LogP contribution is -2.29. The second-order valence-electron chi connectivity index (χ2n) is 7.93. The van der Waals surface area contributed by atoms with Crippen LogP contribution in [0.15, 0.2) is 35.1 Å². The Balaban J connectivity index is 1.41. The van der Waals surface area contributed by atoms with Crippen LogP contribution in [0.3, 0.4) is 0 Å². The Morgan fingerprint density at radius 1 is 1.23 bits per heavy atom. The maximum atomic E-state index is 12.7. The van der Waals surface area contributed by atoms with E-state index in [0.717, 1.165) is 41.0 Å². The van der Waals surface area contributed by atoms with Gasteiger partial charge in [0.2, 0.25) is 11.8 Å². The second-order valence-corrected chi connectivity index (χ2v) is 7.93. The topological polar surface area (TPSA) is 108 Å². The molecule has 30 heavy (non-hydrogen) atoms. The summed E-state index contributed by atoms with van der Waals surface area (Å²) in [4.78, 5) is 40.5. The Morgan fingerprint density at radius 3 is 2.60 bits per heavy atom. The third-order valence-corrected chi connectivity index (χ3v) is 5.54. The number of hydrogen-bond acceptors (Lipinski definition) is 4. The smallest absolute Gasteiger partial charge is 0.266 e. The number of benzene rings is 1. The van der Waals surface area contributed by atoms with Gasteiger partial charge in [-0.25, -0.2) is 9.50 Å². The fraction of sp³-hybridized carbons (Fsp3) is 0.364. The first-order valence-corrected chi connectivity index (χ1v) is 10.1. The average molecular weight is 407 g/mol. The monoisotopic (exact) mass is 407 g/mol. The van der Waals surface area contributed by atoms with Crippen LogP contribution in [0.25, 0.3) is 5.65 Å². The van der Waals surface area contributed by atoms with Crippen LogP contribution in [-0.4, -0.2) is 26.4 Å². The van der Waals surface area contributed by atoms with Gasteiger partial charge in [0, 0.05) is 34.6 Å². The molecule has 4 rings (SSSR count). The van der Waals surface area contributed by atoms with E-state index in [2.05, 4.69) is 20.7 Å². The van der Waals surface area contributed by atoms with Crippen LogP contribution in [0.2, 0.25) is 0 Å². The number of hydrogen-bond donors (Lipinski definition) is 3. The fourth-order valence-electron chi connectivity index (χ4n) is 3.59. The number of nitrogens with zero attached hydrogens (tertiary/aromatic N) is 2. The summed E-state index contributed by atoms with van der Waals surface area (Å²) >= 11 is 0. The molecule has 8 heteroatoms. The van der Waals surface area contributed by atoms with Gasteiger partial charge in [-0.2, -0.15) is 0 Å². The van der Waals surface area contributed by atoms with Crippen molar-refractivity contribution in [2.75, 3.05) is 5.32 Å². The molecule has 2 heterocycles. The van der Waals surface area contributed by atoms with Gasteiger partial charge in [0.25, 0.3) is 5.56 Å². The Labute approximate surface area is 173 Å². The lowest BCUT2D eigenvalue weighted by Gasteiger charge is -2.16. The normalized spacial score (nSPS) is 14.5. The Hall–Kier alpha value is -3.42. The molecule has 0 radical (unpaired) electrons. The van der Waals surface area contributed by atoms with Gasteiger partial charge >= 0.3 is 0 Å². The first-order chi connectivity index (χ1) is 14.3. The zero-order chi connectivity index (χ0) is 21.4. The summed E-state index contributed by atoms with van der Waals surface area (Å²) in [6.07, 6.45) is 2.10. The number of aromatic amines is 1. The van der Waals surface area contributed by atoms with Gasteiger partial charge < -0.3 is 10.6 Å². The fourth-order valence-corrected chi connectivity index (χ4v) is 3.59. The number of H-pyrrole nitrogens is 1. The predicted octanol–water partition coefficient (Wildman–Crippen LogP) is 2.41. The van der Waals surface area contributed by atoms with Gasteiger partial charge in [-0.15, -0.1) is 0 Å². The Morgan fingerprint density at radius 2 is 1.93 bits per heavy atom. The highest BCUT2D eigenvalue weighted by Crippen LogP contribution is 2.30. The average Bonchev–Trinajstić information content (AvgIpc) is 3.48. The number of aromatic nitrogens is 3. The summed E-state index contributed by atoms with van der Waals surface area (Å²) in [6, 6.07) is 8.77. The molecule has 8 nitrogen and oxygen atoms in total. The van der Waals surface area contributed by atoms with Gasteiger partial charge in [0.05, 0.1) is 12.5 Å².